The van der Waals surface area contributed by atoms with Crippen molar-refractivity contribution in [3.63, 3.8) is 0 Å². The molecule has 0 unspecified atom stereocenters. The van der Waals surface area contributed by atoms with E-state index in [0.29, 0.717) is 89.4 Å². The van der Waals surface area contributed by atoms with Crippen LogP contribution in [-0.2, 0) is 41.6 Å². The second-order valence-corrected chi connectivity index (χ2v) is 9.09. The van der Waals surface area contributed by atoms with Crippen LogP contribution in [0.2, 0.25) is 0 Å². The lowest BCUT2D eigenvalue weighted by Gasteiger charge is -2.17. The molecular formula is C24H40N4O6. The molecule has 10 heteroatoms. The summed E-state index contributed by atoms with van der Waals surface area (Å²) in [6, 6.07) is 0. The predicted molar refractivity (Wildman–Crippen MR) is 127 cm³/mol. The predicted octanol–water partition coefficient (Wildman–Crippen LogP) is 2.21. The number of aromatic nitrogens is 3. The number of allylic oxidation sites excluding steroid dienone is 1. The molecule has 0 fully saturated rings. The third kappa shape index (κ3) is 12.4. The number of amides is 1. The Bertz CT molecular complexity index is 741. The Morgan fingerprint density at radius 2 is 1.35 bits per heavy atom. The van der Waals surface area contributed by atoms with Crippen LogP contribution in [0.1, 0.15) is 32.9 Å². The molecule has 1 aromatic heterocycles. The van der Waals surface area contributed by atoms with Gasteiger partial charge in [-0.2, -0.15) is 0 Å². The maximum Gasteiger partial charge on any atom is 0.251 e. The molecule has 0 spiro atoms. The molecule has 1 aromatic rings. The normalized spacial score (nSPS) is 14.0. The molecule has 0 aliphatic carbocycles. The number of nitrogens with zero attached hydrogens (tertiary/aromatic N) is 4. The van der Waals surface area contributed by atoms with Crippen LogP contribution in [-0.4, -0.2) is 91.9 Å². The van der Waals surface area contributed by atoms with E-state index in [-0.39, 0.29) is 5.91 Å². The first kappa shape index (κ1) is 28.1. The fourth-order valence-electron chi connectivity index (χ4n) is 2.87. The van der Waals surface area contributed by atoms with Gasteiger partial charge in [0.2, 0.25) is 0 Å². The van der Waals surface area contributed by atoms with Crippen molar-refractivity contribution in [3.8, 4) is 0 Å². The van der Waals surface area contributed by atoms with Gasteiger partial charge in [0, 0.05) is 18.4 Å². The van der Waals surface area contributed by atoms with Crippen LogP contribution >= 0.6 is 0 Å². The molecule has 0 saturated heterocycles. The Hall–Kier alpha value is -2.11. The zero-order valence-electron chi connectivity index (χ0n) is 20.9. The zero-order valence-corrected chi connectivity index (χ0v) is 20.9. The van der Waals surface area contributed by atoms with Crippen LogP contribution in [0.15, 0.2) is 30.6 Å². The van der Waals surface area contributed by atoms with Gasteiger partial charge in [0.05, 0.1) is 78.7 Å². The van der Waals surface area contributed by atoms with Crippen molar-refractivity contribution in [1.82, 2.24) is 19.9 Å². The number of hydrogen-bond acceptors (Lipinski definition) is 8. The lowest BCUT2D eigenvalue weighted by Crippen LogP contribution is -2.23. The van der Waals surface area contributed by atoms with Gasteiger partial charge >= 0.3 is 0 Å². The van der Waals surface area contributed by atoms with Crippen molar-refractivity contribution in [3.05, 3.63) is 36.3 Å². The van der Waals surface area contributed by atoms with Crippen LogP contribution in [0.5, 0.6) is 0 Å². The summed E-state index contributed by atoms with van der Waals surface area (Å²) in [5.74, 6) is -0.0887. The van der Waals surface area contributed by atoms with E-state index < -0.39 is 0 Å². The van der Waals surface area contributed by atoms with E-state index in [4.69, 9.17) is 23.7 Å². The third-order valence-corrected chi connectivity index (χ3v) is 4.89. The maximum absolute atomic E-state index is 11.7. The van der Waals surface area contributed by atoms with Crippen LogP contribution < -0.4 is 0 Å². The zero-order chi connectivity index (χ0) is 24.7. The largest absolute Gasteiger partial charge is 0.379 e. The van der Waals surface area contributed by atoms with E-state index in [9.17, 15) is 4.79 Å². The first-order valence-electron chi connectivity index (χ1n) is 11.8. The Morgan fingerprint density at radius 1 is 0.824 bits per heavy atom. The Morgan fingerprint density at radius 3 is 1.85 bits per heavy atom. The number of hydrogen-bond donors (Lipinski definition) is 0. The first-order valence-corrected chi connectivity index (χ1v) is 11.8. The van der Waals surface area contributed by atoms with Gasteiger partial charge in [-0.1, -0.05) is 32.6 Å². The summed E-state index contributed by atoms with van der Waals surface area (Å²) in [6.45, 7) is 17.0. The molecule has 1 aliphatic rings. The molecule has 1 aliphatic heterocycles. The van der Waals surface area contributed by atoms with Gasteiger partial charge in [-0.3, -0.25) is 4.79 Å². The van der Waals surface area contributed by atoms with Crippen LogP contribution in [0.4, 0.5) is 0 Å². The Labute approximate surface area is 202 Å². The number of rotatable bonds is 19. The molecule has 0 aromatic carbocycles. The summed E-state index contributed by atoms with van der Waals surface area (Å²) in [5, 5.41) is 8.15. The summed E-state index contributed by atoms with van der Waals surface area (Å²) in [5.41, 5.74) is 1.67. The van der Waals surface area contributed by atoms with Crippen molar-refractivity contribution in [1.29, 1.82) is 0 Å². The van der Waals surface area contributed by atoms with Gasteiger partial charge in [0.25, 0.3) is 5.91 Å². The van der Waals surface area contributed by atoms with Crippen molar-refractivity contribution >= 4 is 5.91 Å². The molecular weight excluding hydrogens is 440 g/mol. The number of carbonyl (C=O) groups excluding carboxylic acids is 1. The van der Waals surface area contributed by atoms with Gasteiger partial charge in [0.1, 0.15) is 5.69 Å². The van der Waals surface area contributed by atoms with Crippen molar-refractivity contribution in [2.24, 2.45) is 5.41 Å². The highest BCUT2D eigenvalue weighted by atomic mass is 16.6. The third-order valence-electron chi connectivity index (χ3n) is 4.89. The molecule has 0 saturated carbocycles. The fourth-order valence-corrected chi connectivity index (χ4v) is 2.87. The lowest BCUT2D eigenvalue weighted by molar-refractivity contribution is -0.123. The molecule has 10 nitrogen and oxygen atoms in total. The van der Waals surface area contributed by atoms with Gasteiger partial charge in [-0.15, -0.1) is 5.10 Å². The molecule has 0 N–H and O–H groups in total. The minimum Gasteiger partial charge on any atom is -0.379 e. The average Bonchev–Trinajstić information content (AvgIpc) is 3.36. The minimum absolute atomic E-state index is 0.0887. The summed E-state index contributed by atoms with van der Waals surface area (Å²) in [6.07, 6.45) is 6.04. The highest BCUT2D eigenvalue weighted by molar-refractivity contribution is 5.92. The second kappa shape index (κ2) is 15.7. The fraction of sp³-hybridized carbons (Fsp3) is 0.708. The van der Waals surface area contributed by atoms with E-state index in [2.05, 4.69) is 37.7 Å². The highest BCUT2D eigenvalue weighted by Gasteiger charge is 2.19. The monoisotopic (exact) mass is 480 g/mol. The summed E-state index contributed by atoms with van der Waals surface area (Å²) in [4.78, 5) is 13.3. The van der Waals surface area contributed by atoms with Crippen molar-refractivity contribution < 1.29 is 28.5 Å². The topological polar surface area (TPSA) is 97.2 Å². The summed E-state index contributed by atoms with van der Waals surface area (Å²) < 4.78 is 29.2. The SMILES string of the molecule is C=C1C=CC(=O)N1Cc1cn(CCOCCOCCOCCOCCOCCC(C)(C)C)nn1. The van der Waals surface area contributed by atoms with E-state index in [1.807, 2.05) is 0 Å². The minimum atomic E-state index is -0.0887. The molecule has 2 heterocycles. The molecule has 0 radical (unpaired) electrons. The first-order chi connectivity index (χ1) is 16.3. The highest BCUT2D eigenvalue weighted by Crippen LogP contribution is 2.17. The molecule has 0 bridgehead atoms. The van der Waals surface area contributed by atoms with Gasteiger partial charge in [-0.25, -0.2) is 4.68 Å². The van der Waals surface area contributed by atoms with Gasteiger partial charge in [0.15, 0.2) is 0 Å². The van der Waals surface area contributed by atoms with Gasteiger partial charge < -0.3 is 28.6 Å². The number of carbonyl (C=O) groups is 1. The van der Waals surface area contributed by atoms with E-state index in [1.165, 1.54) is 6.08 Å². The Balaban J connectivity index is 1.33. The molecule has 192 valence electrons. The van der Waals surface area contributed by atoms with Gasteiger partial charge in [-0.05, 0) is 17.9 Å². The summed E-state index contributed by atoms with van der Waals surface area (Å²) in [7, 11) is 0. The van der Waals surface area contributed by atoms with Crippen LogP contribution in [0, 0.1) is 5.41 Å². The van der Waals surface area contributed by atoms with E-state index in [0.717, 1.165) is 13.0 Å². The second-order valence-electron chi connectivity index (χ2n) is 9.09. The quantitative estimate of drug-likeness (QED) is 0.278. The maximum atomic E-state index is 11.7. The summed E-state index contributed by atoms with van der Waals surface area (Å²) >= 11 is 0. The average molecular weight is 481 g/mol. The Kier molecular flexibility index (Phi) is 13.0. The smallest absolute Gasteiger partial charge is 0.251 e. The van der Waals surface area contributed by atoms with Crippen LogP contribution in [0.3, 0.4) is 0 Å². The van der Waals surface area contributed by atoms with Crippen LogP contribution in [0.25, 0.3) is 0 Å². The molecule has 2 rings (SSSR count). The molecule has 0 atom stereocenters. The van der Waals surface area contributed by atoms with E-state index in [1.54, 1.807) is 21.9 Å². The number of ether oxygens (including phenoxy) is 5. The van der Waals surface area contributed by atoms with Crippen molar-refractivity contribution in [2.75, 3.05) is 66.1 Å². The standard InChI is InChI=1S/C24H40N4O6/c1-21-5-6-23(29)28(21)20-22-19-27(26-25-22)8-10-31-12-14-33-16-18-34-17-15-32-13-11-30-9-7-24(2,3)4/h5-6,19H,1,7-18,20H2,2-4H3. The molecule has 34 heavy (non-hydrogen) atoms. The lowest BCUT2D eigenvalue weighted by atomic mass is 9.93. The molecule has 1 amide bonds. The van der Waals surface area contributed by atoms with Crippen molar-refractivity contribution in [2.45, 2.75) is 40.3 Å². The van der Waals surface area contributed by atoms with E-state index >= 15 is 0 Å².